The topological polar surface area (TPSA) is 88.6 Å². The summed E-state index contributed by atoms with van der Waals surface area (Å²) in [5, 5.41) is 9.61. The average molecular weight is 462 g/mol. The van der Waals surface area contributed by atoms with Gasteiger partial charge in [0.15, 0.2) is 15.5 Å². The van der Waals surface area contributed by atoms with Crippen molar-refractivity contribution in [2.24, 2.45) is 7.05 Å². The summed E-state index contributed by atoms with van der Waals surface area (Å²) in [5.74, 6) is -0.136. The Labute approximate surface area is 183 Å². The SMILES string of the molecule is CCS(=O)(=O)C1=CC(C(F)(F)F)=CCC=C1c1nc2cc(C3(C#N)CCC3)cnc2n1C. The number of allylic oxidation sites excluding steroid dienone is 5. The fourth-order valence-corrected chi connectivity index (χ4v) is 5.20. The van der Waals surface area contributed by atoms with Gasteiger partial charge < -0.3 is 4.57 Å². The maximum Gasteiger partial charge on any atom is 0.416 e. The van der Waals surface area contributed by atoms with Crippen molar-refractivity contribution in [3.05, 3.63) is 52.4 Å². The molecular weight excluding hydrogens is 441 g/mol. The van der Waals surface area contributed by atoms with E-state index in [-0.39, 0.29) is 23.6 Å². The summed E-state index contributed by atoms with van der Waals surface area (Å²) in [6.45, 7) is 1.39. The first kappa shape index (κ1) is 22.3. The van der Waals surface area contributed by atoms with E-state index in [0.717, 1.165) is 30.9 Å². The minimum atomic E-state index is -4.67. The molecule has 2 heterocycles. The van der Waals surface area contributed by atoms with E-state index in [0.29, 0.717) is 17.2 Å². The van der Waals surface area contributed by atoms with Crippen LogP contribution in [-0.4, -0.2) is 34.9 Å². The van der Waals surface area contributed by atoms with Crippen molar-refractivity contribution in [3.63, 3.8) is 0 Å². The van der Waals surface area contributed by atoms with Crippen molar-refractivity contribution in [2.45, 2.75) is 44.2 Å². The molecule has 0 aromatic carbocycles. The normalized spacial score (nSPS) is 18.8. The lowest BCUT2D eigenvalue weighted by Crippen LogP contribution is -2.32. The summed E-state index contributed by atoms with van der Waals surface area (Å²) >= 11 is 0. The second-order valence-electron chi connectivity index (χ2n) is 8.03. The predicted molar refractivity (Wildman–Crippen MR) is 114 cm³/mol. The molecule has 0 saturated heterocycles. The maximum atomic E-state index is 13.4. The van der Waals surface area contributed by atoms with E-state index in [1.165, 1.54) is 13.0 Å². The molecule has 1 fully saturated rings. The highest BCUT2D eigenvalue weighted by molar-refractivity contribution is 7.95. The van der Waals surface area contributed by atoms with Crippen molar-refractivity contribution in [2.75, 3.05) is 5.75 Å². The summed E-state index contributed by atoms with van der Waals surface area (Å²) < 4.78 is 67.3. The minimum absolute atomic E-state index is 0.0944. The maximum absolute atomic E-state index is 13.4. The molecule has 168 valence electrons. The van der Waals surface area contributed by atoms with Crippen LogP contribution in [0.1, 0.15) is 44.0 Å². The fraction of sp³-hybridized carbons (Fsp3) is 0.409. The smallest absolute Gasteiger partial charge is 0.312 e. The molecular formula is C22H21F3N4O2S. The van der Waals surface area contributed by atoms with Crippen LogP contribution in [0.3, 0.4) is 0 Å². The Hall–Kier alpha value is -2.93. The van der Waals surface area contributed by atoms with Crippen LogP contribution < -0.4 is 0 Å². The van der Waals surface area contributed by atoms with Crippen molar-refractivity contribution < 1.29 is 21.6 Å². The standard InChI is InChI=1S/C22H21F3N4O2S/c1-3-32(30,31)18-11-14(22(23,24)25)6-4-7-16(18)19-28-17-10-15(12-27-20(17)29(19)2)21(13-26)8-5-9-21/h6-7,10-12H,3-5,8-9H2,1-2H3. The lowest BCUT2D eigenvalue weighted by molar-refractivity contribution is -0.0883. The fourth-order valence-electron chi connectivity index (χ4n) is 4.07. The highest BCUT2D eigenvalue weighted by atomic mass is 32.2. The van der Waals surface area contributed by atoms with Crippen LogP contribution in [0.25, 0.3) is 16.7 Å². The highest BCUT2D eigenvalue weighted by Crippen LogP contribution is 2.44. The number of pyridine rings is 1. The summed E-state index contributed by atoms with van der Waals surface area (Å²) in [4.78, 5) is 8.57. The van der Waals surface area contributed by atoms with Crippen molar-refractivity contribution >= 4 is 26.6 Å². The molecule has 0 aliphatic heterocycles. The van der Waals surface area contributed by atoms with E-state index in [1.807, 2.05) is 0 Å². The molecule has 2 aromatic heterocycles. The second kappa shape index (κ2) is 7.59. The minimum Gasteiger partial charge on any atom is -0.312 e. The van der Waals surface area contributed by atoms with Crippen molar-refractivity contribution in [1.82, 2.24) is 14.5 Å². The number of aromatic nitrogens is 3. The molecule has 0 bridgehead atoms. The van der Waals surface area contributed by atoms with E-state index >= 15 is 0 Å². The molecule has 0 unspecified atom stereocenters. The van der Waals surface area contributed by atoms with Crippen molar-refractivity contribution in [1.29, 1.82) is 5.26 Å². The molecule has 0 radical (unpaired) electrons. The number of halogens is 3. The Kier molecular flexibility index (Phi) is 5.28. The number of alkyl halides is 3. The molecule has 0 N–H and O–H groups in total. The van der Waals surface area contributed by atoms with E-state index in [2.05, 4.69) is 16.0 Å². The quantitative estimate of drug-likeness (QED) is 0.667. The van der Waals surface area contributed by atoms with Gasteiger partial charge in [0.1, 0.15) is 11.3 Å². The van der Waals surface area contributed by atoms with Gasteiger partial charge in [-0.3, -0.25) is 0 Å². The van der Waals surface area contributed by atoms with E-state index in [1.54, 1.807) is 23.9 Å². The molecule has 1 saturated carbocycles. The third-order valence-corrected chi connectivity index (χ3v) is 7.95. The zero-order chi connectivity index (χ0) is 23.3. The van der Waals surface area contributed by atoms with Gasteiger partial charge in [-0.2, -0.15) is 18.4 Å². The van der Waals surface area contributed by atoms with Gasteiger partial charge in [0.2, 0.25) is 0 Å². The average Bonchev–Trinajstić information content (AvgIpc) is 2.88. The van der Waals surface area contributed by atoms with E-state index in [4.69, 9.17) is 0 Å². The number of rotatable bonds is 4. The molecule has 2 aliphatic carbocycles. The van der Waals surface area contributed by atoms with Gasteiger partial charge in [-0.1, -0.05) is 19.1 Å². The molecule has 0 spiro atoms. The Bertz CT molecular complexity index is 1340. The molecule has 2 aliphatic rings. The van der Waals surface area contributed by atoms with Crippen LogP contribution >= 0.6 is 0 Å². The van der Waals surface area contributed by atoms with Gasteiger partial charge in [-0.05, 0) is 43.4 Å². The first-order chi connectivity index (χ1) is 15.0. The summed E-state index contributed by atoms with van der Waals surface area (Å²) in [7, 11) is -2.34. The number of fused-ring (bicyclic) bond motifs is 1. The molecule has 4 rings (SSSR count). The third kappa shape index (κ3) is 3.54. The lowest BCUT2D eigenvalue weighted by Gasteiger charge is -2.35. The van der Waals surface area contributed by atoms with Gasteiger partial charge in [-0.15, -0.1) is 0 Å². The van der Waals surface area contributed by atoms with Crippen LogP contribution in [0.15, 0.2) is 41.0 Å². The number of nitriles is 1. The molecule has 0 amide bonds. The van der Waals surface area contributed by atoms with Crippen LogP contribution in [0.5, 0.6) is 0 Å². The monoisotopic (exact) mass is 462 g/mol. The van der Waals surface area contributed by atoms with Gasteiger partial charge >= 0.3 is 6.18 Å². The van der Waals surface area contributed by atoms with Gasteiger partial charge in [0.05, 0.1) is 27.7 Å². The first-order valence-electron chi connectivity index (χ1n) is 10.2. The summed E-state index contributed by atoms with van der Waals surface area (Å²) in [6.07, 6.45) is 2.37. The zero-order valence-corrected chi connectivity index (χ0v) is 18.4. The Morgan fingerprint density at radius 1 is 1.28 bits per heavy atom. The van der Waals surface area contributed by atoms with Gasteiger partial charge in [0.25, 0.3) is 0 Å². The van der Waals surface area contributed by atoms with Crippen LogP contribution in [0, 0.1) is 11.3 Å². The first-order valence-corrected chi connectivity index (χ1v) is 11.8. The molecule has 10 heteroatoms. The second-order valence-corrected chi connectivity index (χ2v) is 10.3. The Morgan fingerprint density at radius 3 is 2.56 bits per heavy atom. The number of sulfone groups is 1. The molecule has 32 heavy (non-hydrogen) atoms. The van der Waals surface area contributed by atoms with E-state index in [9.17, 15) is 26.9 Å². The Morgan fingerprint density at radius 2 is 2.00 bits per heavy atom. The number of hydrogen-bond acceptors (Lipinski definition) is 5. The number of aryl methyl sites for hydroxylation is 1. The van der Waals surface area contributed by atoms with Crippen LogP contribution in [-0.2, 0) is 22.3 Å². The van der Waals surface area contributed by atoms with E-state index < -0.39 is 31.9 Å². The molecule has 6 nitrogen and oxygen atoms in total. The van der Waals surface area contributed by atoms with Crippen LogP contribution in [0.4, 0.5) is 13.2 Å². The number of imidazole rings is 1. The zero-order valence-electron chi connectivity index (χ0n) is 17.6. The summed E-state index contributed by atoms with van der Waals surface area (Å²) in [6, 6.07) is 4.12. The third-order valence-electron chi connectivity index (χ3n) is 6.18. The van der Waals surface area contributed by atoms with Gasteiger partial charge in [0, 0.05) is 18.8 Å². The highest BCUT2D eigenvalue weighted by Gasteiger charge is 2.40. The Balaban J connectivity index is 1.88. The molecule has 0 atom stereocenters. The van der Waals surface area contributed by atoms with Gasteiger partial charge in [-0.25, -0.2) is 18.4 Å². The molecule has 2 aromatic rings. The van der Waals surface area contributed by atoms with Crippen molar-refractivity contribution in [3.8, 4) is 6.07 Å². The number of hydrogen-bond donors (Lipinski definition) is 0. The lowest BCUT2D eigenvalue weighted by atomic mass is 9.66. The number of nitrogens with zero attached hydrogens (tertiary/aromatic N) is 4. The van der Waals surface area contributed by atoms with Crippen LogP contribution in [0.2, 0.25) is 0 Å². The summed E-state index contributed by atoms with van der Waals surface area (Å²) in [5.41, 5.74) is 0.181. The largest absolute Gasteiger partial charge is 0.416 e. The predicted octanol–water partition coefficient (Wildman–Crippen LogP) is 4.51.